The van der Waals surface area contributed by atoms with E-state index in [-0.39, 0.29) is 12.5 Å². The molecular formula is C19H26N2O5S. The number of ether oxygens (including phenoxy) is 1. The maximum Gasteiger partial charge on any atom is 0.324 e. The summed E-state index contributed by atoms with van der Waals surface area (Å²) >= 11 is 0. The number of amides is 1. The summed E-state index contributed by atoms with van der Waals surface area (Å²) in [5.41, 5.74) is 0.722. The van der Waals surface area contributed by atoms with Crippen LogP contribution >= 0.6 is 0 Å². The number of hydrogen-bond donors (Lipinski definition) is 1. The Hall–Kier alpha value is -2.19. The standard InChI is InChI=1S/C19H26N2O5S/c1-15-8-11-21(12-9-15)18(22)14-26-19(23)16(2)20-27(24,25)13-10-17-6-4-3-5-7-17/h3-7,10,13,15-16,20H,8-9,11-12,14H2,1-2H3/b13-10+. The third kappa shape index (κ3) is 7.15. The number of esters is 1. The molecular weight excluding hydrogens is 368 g/mol. The minimum atomic E-state index is -3.82. The van der Waals surface area contributed by atoms with E-state index in [4.69, 9.17) is 4.74 Å². The Kier molecular flexibility index (Phi) is 7.55. The Bertz CT molecular complexity index is 769. The van der Waals surface area contributed by atoms with Gasteiger partial charge in [0.05, 0.1) is 0 Å². The second-order valence-corrected chi connectivity index (χ2v) is 8.37. The van der Waals surface area contributed by atoms with E-state index in [0.29, 0.717) is 19.0 Å². The molecule has 8 heteroatoms. The molecule has 1 aliphatic rings. The molecule has 1 aromatic rings. The van der Waals surface area contributed by atoms with Crippen molar-refractivity contribution in [1.82, 2.24) is 9.62 Å². The molecule has 0 radical (unpaired) electrons. The monoisotopic (exact) mass is 394 g/mol. The summed E-state index contributed by atoms with van der Waals surface area (Å²) in [7, 11) is -3.82. The van der Waals surface area contributed by atoms with E-state index < -0.39 is 22.0 Å². The Morgan fingerprint density at radius 1 is 1.26 bits per heavy atom. The van der Waals surface area contributed by atoms with E-state index in [1.165, 1.54) is 13.0 Å². The van der Waals surface area contributed by atoms with Gasteiger partial charge < -0.3 is 9.64 Å². The summed E-state index contributed by atoms with van der Waals surface area (Å²) in [6, 6.07) is 7.84. The molecule has 2 rings (SSSR count). The zero-order chi connectivity index (χ0) is 19.9. The van der Waals surface area contributed by atoms with Crippen LogP contribution in [0.3, 0.4) is 0 Å². The first-order chi connectivity index (χ1) is 12.8. The highest BCUT2D eigenvalue weighted by Crippen LogP contribution is 2.16. The minimum absolute atomic E-state index is 0.255. The number of carbonyl (C=O) groups excluding carboxylic acids is 2. The second kappa shape index (κ2) is 9.66. The van der Waals surface area contributed by atoms with Gasteiger partial charge in [-0.15, -0.1) is 0 Å². The number of carbonyl (C=O) groups is 2. The predicted octanol–water partition coefficient (Wildman–Crippen LogP) is 1.77. The number of piperidine rings is 1. The van der Waals surface area contributed by atoms with Crippen molar-refractivity contribution in [3.05, 3.63) is 41.3 Å². The molecule has 0 aromatic heterocycles. The maximum atomic E-state index is 12.1. The molecule has 7 nitrogen and oxygen atoms in total. The molecule has 0 spiro atoms. The van der Waals surface area contributed by atoms with Crippen molar-refractivity contribution >= 4 is 28.0 Å². The zero-order valence-corrected chi connectivity index (χ0v) is 16.4. The van der Waals surface area contributed by atoms with Crippen molar-refractivity contribution in [2.45, 2.75) is 32.7 Å². The van der Waals surface area contributed by atoms with Crippen LogP contribution in [0.25, 0.3) is 6.08 Å². The lowest BCUT2D eigenvalue weighted by Gasteiger charge is -2.30. The molecule has 0 aliphatic carbocycles. The molecule has 1 aromatic carbocycles. The Morgan fingerprint density at radius 2 is 1.89 bits per heavy atom. The lowest BCUT2D eigenvalue weighted by atomic mass is 9.99. The fraction of sp³-hybridized carbons (Fsp3) is 0.474. The first kappa shape index (κ1) is 21.1. The SMILES string of the molecule is CC1CCN(C(=O)COC(=O)C(C)NS(=O)(=O)/C=C/c2ccccc2)CC1. The van der Waals surface area contributed by atoms with Gasteiger partial charge in [0, 0.05) is 18.5 Å². The lowest BCUT2D eigenvalue weighted by molar-refractivity contribution is -0.153. The number of hydrogen-bond acceptors (Lipinski definition) is 5. The van der Waals surface area contributed by atoms with E-state index in [0.717, 1.165) is 23.8 Å². The Balaban J connectivity index is 1.80. The number of nitrogens with zero attached hydrogens (tertiary/aromatic N) is 1. The van der Waals surface area contributed by atoms with Crippen LogP contribution in [0.1, 0.15) is 32.3 Å². The lowest BCUT2D eigenvalue weighted by Crippen LogP contribution is -2.43. The van der Waals surface area contributed by atoms with Gasteiger partial charge in [-0.2, -0.15) is 4.72 Å². The van der Waals surface area contributed by atoms with Crippen molar-refractivity contribution in [1.29, 1.82) is 0 Å². The van der Waals surface area contributed by atoms with Crippen LogP contribution in [-0.4, -0.2) is 50.9 Å². The van der Waals surface area contributed by atoms with E-state index in [1.807, 2.05) is 6.07 Å². The van der Waals surface area contributed by atoms with Crippen molar-refractivity contribution in [3.63, 3.8) is 0 Å². The van der Waals surface area contributed by atoms with Crippen LogP contribution in [-0.2, 0) is 24.3 Å². The summed E-state index contributed by atoms with van der Waals surface area (Å²) in [6.07, 6.45) is 3.30. The molecule has 1 heterocycles. The topological polar surface area (TPSA) is 92.8 Å². The summed E-state index contributed by atoms with van der Waals surface area (Å²) in [5.74, 6) is -0.449. The second-order valence-electron chi connectivity index (χ2n) is 6.77. The predicted molar refractivity (Wildman–Crippen MR) is 103 cm³/mol. The number of rotatable bonds is 7. The van der Waals surface area contributed by atoms with Gasteiger partial charge in [0.15, 0.2) is 6.61 Å². The molecule has 1 aliphatic heterocycles. The highest BCUT2D eigenvalue weighted by atomic mass is 32.2. The molecule has 27 heavy (non-hydrogen) atoms. The fourth-order valence-corrected chi connectivity index (χ4v) is 3.68. The molecule has 1 unspecified atom stereocenters. The smallest absolute Gasteiger partial charge is 0.324 e. The van der Waals surface area contributed by atoms with Crippen LogP contribution in [0.5, 0.6) is 0 Å². The van der Waals surface area contributed by atoms with Crippen molar-refractivity contribution in [2.24, 2.45) is 5.92 Å². The van der Waals surface area contributed by atoms with Gasteiger partial charge in [0.2, 0.25) is 10.0 Å². The minimum Gasteiger partial charge on any atom is -0.454 e. The molecule has 1 N–H and O–H groups in total. The largest absolute Gasteiger partial charge is 0.454 e. The van der Waals surface area contributed by atoms with E-state index in [9.17, 15) is 18.0 Å². The van der Waals surface area contributed by atoms with Crippen LogP contribution in [0.4, 0.5) is 0 Å². The summed E-state index contributed by atoms with van der Waals surface area (Å²) in [4.78, 5) is 25.7. The van der Waals surface area contributed by atoms with Gasteiger partial charge in [0.25, 0.3) is 5.91 Å². The van der Waals surface area contributed by atoms with Gasteiger partial charge in [-0.1, -0.05) is 37.3 Å². The van der Waals surface area contributed by atoms with Crippen LogP contribution in [0, 0.1) is 5.92 Å². The molecule has 1 amide bonds. The molecule has 1 atom stereocenters. The van der Waals surface area contributed by atoms with Gasteiger partial charge in [0.1, 0.15) is 6.04 Å². The number of sulfonamides is 1. The normalized spacial score (nSPS) is 17.0. The maximum absolute atomic E-state index is 12.1. The van der Waals surface area contributed by atoms with Crippen molar-refractivity contribution in [3.8, 4) is 0 Å². The van der Waals surface area contributed by atoms with E-state index in [2.05, 4.69) is 11.6 Å². The Labute approximate surface area is 160 Å². The highest BCUT2D eigenvalue weighted by Gasteiger charge is 2.24. The van der Waals surface area contributed by atoms with Gasteiger partial charge in [-0.05, 0) is 37.3 Å². The number of likely N-dealkylation sites (tertiary alicyclic amines) is 1. The third-order valence-corrected chi connectivity index (χ3v) is 5.58. The molecule has 1 saturated heterocycles. The summed E-state index contributed by atoms with van der Waals surface area (Å²) < 4.78 is 31.3. The van der Waals surface area contributed by atoms with Crippen LogP contribution < -0.4 is 4.72 Å². The Morgan fingerprint density at radius 3 is 2.52 bits per heavy atom. The van der Waals surface area contributed by atoms with Crippen molar-refractivity contribution in [2.75, 3.05) is 19.7 Å². The highest BCUT2D eigenvalue weighted by molar-refractivity contribution is 7.92. The molecule has 1 fully saturated rings. The average Bonchev–Trinajstić information content (AvgIpc) is 2.65. The first-order valence-electron chi connectivity index (χ1n) is 8.97. The summed E-state index contributed by atoms with van der Waals surface area (Å²) in [6.45, 7) is 4.46. The quantitative estimate of drug-likeness (QED) is 0.712. The van der Waals surface area contributed by atoms with E-state index in [1.54, 1.807) is 29.2 Å². The number of nitrogens with one attached hydrogen (secondary N) is 1. The zero-order valence-electron chi connectivity index (χ0n) is 15.6. The summed E-state index contributed by atoms with van der Waals surface area (Å²) in [5, 5.41) is 0.992. The average molecular weight is 394 g/mol. The van der Waals surface area contributed by atoms with Gasteiger partial charge in [-0.3, -0.25) is 9.59 Å². The fourth-order valence-electron chi connectivity index (χ4n) is 2.67. The molecule has 0 saturated carbocycles. The van der Waals surface area contributed by atoms with Crippen LogP contribution in [0.2, 0.25) is 0 Å². The first-order valence-corrected chi connectivity index (χ1v) is 10.5. The van der Waals surface area contributed by atoms with Gasteiger partial charge in [-0.25, -0.2) is 8.42 Å². The number of benzene rings is 1. The van der Waals surface area contributed by atoms with Gasteiger partial charge >= 0.3 is 5.97 Å². The van der Waals surface area contributed by atoms with Crippen LogP contribution in [0.15, 0.2) is 35.7 Å². The van der Waals surface area contributed by atoms with E-state index >= 15 is 0 Å². The molecule has 148 valence electrons. The van der Waals surface area contributed by atoms with Crippen molar-refractivity contribution < 1.29 is 22.7 Å². The molecule has 0 bridgehead atoms. The third-order valence-electron chi connectivity index (χ3n) is 4.41.